The first kappa shape index (κ1) is 12.8. The molecule has 0 unspecified atom stereocenters. The molecule has 2 aromatic rings. The molecule has 0 saturated carbocycles. The summed E-state index contributed by atoms with van der Waals surface area (Å²) in [5, 5.41) is 8.17. The second kappa shape index (κ2) is 4.67. The molecule has 114 valence electrons. The van der Waals surface area contributed by atoms with Gasteiger partial charge in [-0.1, -0.05) is 11.3 Å². The predicted octanol–water partition coefficient (Wildman–Crippen LogP) is 2.40. The van der Waals surface area contributed by atoms with Gasteiger partial charge in [-0.25, -0.2) is 9.97 Å². The van der Waals surface area contributed by atoms with Crippen LogP contribution in [0.4, 0.5) is 5.13 Å². The minimum absolute atomic E-state index is 0.258. The number of hydrogen-bond donors (Lipinski definition) is 2. The molecule has 5 nitrogen and oxygen atoms in total. The minimum atomic E-state index is 0.258. The van der Waals surface area contributed by atoms with Gasteiger partial charge in [0.15, 0.2) is 5.13 Å². The Balaban J connectivity index is 1.35. The maximum Gasteiger partial charge on any atom is 0.190 e. The number of aromatic nitrogens is 2. The fourth-order valence-electron chi connectivity index (χ4n) is 4.22. The summed E-state index contributed by atoms with van der Waals surface area (Å²) < 4.78 is 0. The van der Waals surface area contributed by atoms with Crippen molar-refractivity contribution in [3.63, 3.8) is 0 Å². The third-order valence-corrected chi connectivity index (χ3v) is 6.23. The van der Waals surface area contributed by atoms with Gasteiger partial charge >= 0.3 is 0 Å². The molecule has 22 heavy (non-hydrogen) atoms. The normalized spacial score (nSPS) is 33.2. The summed E-state index contributed by atoms with van der Waals surface area (Å²) in [4.78, 5) is 12.6. The molecule has 2 N–H and O–H groups in total. The van der Waals surface area contributed by atoms with Crippen LogP contribution in [0.1, 0.15) is 19.3 Å². The van der Waals surface area contributed by atoms with Crippen LogP contribution in [0.3, 0.4) is 0 Å². The van der Waals surface area contributed by atoms with E-state index in [-0.39, 0.29) is 5.54 Å². The molecule has 6 rings (SSSR count). The second-order valence-electron chi connectivity index (χ2n) is 6.63. The van der Waals surface area contributed by atoms with E-state index in [1.54, 1.807) is 11.3 Å². The van der Waals surface area contributed by atoms with Crippen molar-refractivity contribution in [3.05, 3.63) is 30.2 Å². The highest BCUT2D eigenvalue weighted by atomic mass is 32.1. The van der Waals surface area contributed by atoms with Crippen LogP contribution in [-0.4, -0.2) is 40.0 Å². The van der Waals surface area contributed by atoms with Crippen LogP contribution in [0, 0.1) is 5.92 Å². The molecule has 6 heteroatoms. The van der Waals surface area contributed by atoms with E-state index in [4.69, 9.17) is 0 Å². The van der Waals surface area contributed by atoms with Crippen molar-refractivity contribution in [3.8, 4) is 0 Å². The summed E-state index contributed by atoms with van der Waals surface area (Å²) in [7, 11) is 0. The van der Waals surface area contributed by atoms with Gasteiger partial charge in [0.2, 0.25) is 0 Å². The summed E-state index contributed by atoms with van der Waals surface area (Å²) in [6.07, 6.45) is 7.92. The number of nitrogens with zero attached hydrogens (tertiary/aromatic N) is 3. The van der Waals surface area contributed by atoms with E-state index in [0.29, 0.717) is 0 Å². The molecule has 3 fully saturated rings. The average Bonchev–Trinajstić information content (AvgIpc) is 3.12. The number of thiazole rings is 1. The van der Waals surface area contributed by atoms with Crippen LogP contribution in [-0.2, 0) is 0 Å². The lowest BCUT2D eigenvalue weighted by Crippen LogP contribution is -2.64. The molecule has 1 spiro atoms. The molecule has 6 heterocycles. The van der Waals surface area contributed by atoms with Crippen LogP contribution < -0.4 is 10.6 Å². The second-order valence-corrected chi connectivity index (χ2v) is 7.60. The van der Waals surface area contributed by atoms with Gasteiger partial charge in [-0.05, 0) is 56.5 Å². The summed E-state index contributed by atoms with van der Waals surface area (Å²) in [6.45, 7) is 3.74. The molecule has 0 radical (unpaired) electrons. The Bertz CT molecular complexity index is 713. The fourth-order valence-corrected chi connectivity index (χ4v) is 5.04. The van der Waals surface area contributed by atoms with E-state index in [9.17, 15) is 0 Å². The standard InChI is InChI=1S/C16H19N5S/c1-2-12-14(17-7-1)22-15(18-12)19-13-3-6-16(20-13)10-21-8-4-11(16)5-9-21/h1-3,7,11,20H,4-6,8-10H2,(H,18,19)/t16-/m0/s1. The Morgan fingerprint density at radius 2 is 2.27 bits per heavy atom. The highest BCUT2D eigenvalue weighted by Gasteiger charge is 2.48. The quantitative estimate of drug-likeness (QED) is 0.892. The van der Waals surface area contributed by atoms with Gasteiger partial charge in [-0.2, -0.15) is 0 Å². The smallest absolute Gasteiger partial charge is 0.190 e. The van der Waals surface area contributed by atoms with Crippen LogP contribution in [0.15, 0.2) is 30.2 Å². The number of anilines is 1. The third kappa shape index (κ3) is 1.94. The molecule has 3 saturated heterocycles. The number of piperidine rings is 3. The van der Waals surface area contributed by atoms with E-state index in [1.165, 1.54) is 32.5 Å². The first-order valence-electron chi connectivity index (χ1n) is 8.00. The Morgan fingerprint density at radius 3 is 3.05 bits per heavy atom. The van der Waals surface area contributed by atoms with Crippen molar-refractivity contribution in [2.24, 2.45) is 5.92 Å². The number of fused-ring (bicyclic) bond motifs is 3. The highest BCUT2D eigenvalue weighted by Crippen LogP contribution is 2.41. The lowest BCUT2D eigenvalue weighted by Gasteiger charge is -2.52. The largest absolute Gasteiger partial charge is 0.365 e. The summed E-state index contributed by atoms with van der Waals surface area (Å²) in [5.74, 6) is 1.93. The zero-order valence-electron chi connectivity index (χ0n) is 12.4. The summed E-state index contributed by atoms with van der Waals surface area (Å²) in [5.41, 5.74) is 1.22. The first-order valence-corrected chi connectivity index (χ1v) is 8.82. The lowest BCUT2D eigenvalue weighted by atomic mass is 9.72. The number of pyridine rings is 1. The van der Waals surface area contributed by atoms with Gasteiger partial charge in [0, 0.05) is 12.7 Å². The Hall–Kier alpha value is -1.66. The molecule has 2 aromatic heterocycles. The topological polar surface area (TPSA) is 53.1 Å². The lowest BCUT2D eigenvalue weighted by molar-refractivity contribution is 0.0189. The van der Waals surface area contributed by atoms with Crippen molar-refractivity contribution in [2.45, 2.75) is 24.8 Å². The molecular formula is C16H19N5S. The minimum Gasteiger partial charge on any atom is -0.365 e. The molecule has 0 aromatic carbocycles. The Labute approximate surface area is 133 Å². The molecule has 4 aliphatic heterocycles. The molecule has 0 aliphatic carbocycles. The molecule has 2 bridgehead atoms. The monoisotopic (exact) mass is 313 g/mol. The maximum atomic E-state index is 4.61. The van der Waals surface area contributed by atoms with Crippen LogP contribution in [0.2, 0.25) is 0 Å². The van der Waals surface area contributed by atoms with E-state index in [1.807, 2.05) is 18.3 Å². The predicted molar refractivity (Wildman–Crippen MR) is 88.8 cm³/mol. The van der Waals surface area contributed by atoms with Gasteiger partial charge in [0.25, 0.3) is 0 Å². The molecule has 0 amide bonds. The van der Waals surface area contributed by atoms with E-state index in [2.05, 4.69) is 31.6 Å². The van der Waals surface area contributed by atoms with Gasteiger partial charge in [0.05, 0.1) is 5.54 Å². The number of hydrogen-bond acceptors (Lipinski definition) is 6. The zero-order chi connectivity index (χ0) is 14.6. The van der Waals surface area contributed by atoms with E-state index in [0.717, 1.165) is 33.6 Å². The van der Waals surface area contributed by atoms with Crippen molar-refractivity contribution in [1.29, 1.82) is 0 Å². The zero-order valence-corrected chi connectivity index (χ0v) is 13.2. The van der Waals surface area contributed by atoms with Crippen molar-refractivity contribution in [2.75, 3.05) is 25.0 Å². The molecule has 4 aliphatic rings. The Kier molecular flexibility index (Phi) is 2.72. The maximum absolute atomic E-state index is 4.61. The van der Waals surface area contributed by atoms with Crippen LogP contribution in [0.5, 0.6) is 0 Å². The van der Waals surface area contributed by atoms with Gasteiger partial charge in [-0.3, -0.25) is 0 Å². The van der Waals surface area contributed by atoms with Gasteiger partial charge < -0.3 is 15.5 Å². The van der Waals surface area contributed by atoms with Crippen LogP contribution >= 0.6 is 11.3 Å². The molecular weight excluding hydrogens is 294 g/mol. The Morgan fingerprint density at radius 1 is 1.36 bits per heavy atom. The van der Waals surface area contributed by atoms with Gasteiger partial charge in [0.1, 0.15) is 16.2 Å². The first-order chi connectivity index (χ1) is 10.8. The van der Waals surface area contributed by atoms with Gasteiger partial charge in [-0.15, -0.1) is 0 Å². The van der Waals surface area contributed by atoms with Crippen LogP contribution in [0.25, 0.3) is 10.3 Å². The summed E-state index contributed by atoms with van der Waals surface area (Å²) in [6, 6.07) is 3.94. The average molecular weight is 313 g/mol. The van der Waals surface area contributed by atoms with Crippen molar-refractivity contribution >= 4 is 26.8 Å². The van der Waals surface area contributed by atoms with Crippen molar-refractivity contribution in [1.82, 2.24) is 20.2 Å². The van der Waals surface area contributed by atoms with E-state index >= 15 is 0 Å². The highest BCUT2D eigenvalue weighted by molar-refractivity contribution is 7.21. The third-order valence-electron chi connectivity index (χ3n) is 5.34. The molecule has 1 atom stereocenters. The van der Waals surface area contributed by atoms with E-state index < -0.39 is 0 Å². The number of rotatable bonds is 2. The summed E-state index contributed by atoms with van der Waals surface area (Å²) >= 11 is 1.61. The SMILES string of the molecule is C1=C(Nc2nc3cccnc3s2)N[C@@]2(C1)CN1CCC2CC1. The fraction of sp³-hybridized carbons (Fsp3) is 0.500. The number of nitrogens with one attached hydrogen (secondary N) is 2. The van der Waals surface area contributed by atoms with Crippen molar-refractivity contribution < 1.29 is 0 Å².